The molecular formula is C13H16N2O. The molecule has 0 N–H and O–H groups in total. The Labute approximate surface area is 95.8 Å². The molecule has 0 atom stereocenters. The third-order valence-corrected chi connectivity index (χ3v) is 2.81. The van der Waals surface area contributed by atoms with Crippen LogP contribution in [0, 0.1) is 12.8 Å². The van der Waals surface area contributed by atoms with Gasteiger partial charge in [-0.15, -0.1) is 0 Å². The van der Waals surface area contributed by atoms with Crippen LogP contribution in [0.15, 0.2) is 29.4 Å². The number of hydrogen-bond acceptors (Lipinski definition) is 2. The minimum Gasteiger partial charge on any atom is -0.272 e. The first-order valence-electron chi connectivity index (χ1n) is 5.55. The van der Waals surface area contributed by atoms with Crippen LogP contribution in [-0.4, -0.2) is 11.6 Å². The van der Waals surface area contributed by atoms with Gasteiger partial charge < -0.3 is 0 Å². The van der Waals surface area contributed by atoms with Crippen molar-refractivity contribution in [2.75, 3.05) is 5.01 Å². The van der Waals surface area contributed by atoms with Crippen molar-refractivity contribution in [2.45, 2.75) is 27.2 Å². The molecule has 0 spiro atoms. The molecule has 1 heterocycles. The molecule has 1 aromatic carbocycles. The summed E-state index contributed by atoms with van der Waals surface area (Å²) in [6.45, 7) is 6.12. The van der Waals surface area contributed by atoms with Crippen molar-refractivity contribution in [1.82, 2.24) is 0 Å². The first-order chi connectivity index (χ1) is 7.59. The first-order valence-corrected chi connectivity index (χ1v) is 5.55. The molecular weight excluding hydrogens is 200 g/mol. The molecule has 3 heteroatoms. The summed E-state index contributed by atoms with van der Waals surface area (Å²) >= 11 is 0. The van der Waals surface area contributed by atoms with Gasteiger partial charge in [-0.25, -0.2) is 5.01 Å². The molecule has 0 saturated heterocycles. The van der Waals surface area contributed by atoms with E-state index in [2.05, 4.69) is 18.9 Å². The van der Waals surface area contributed by atoms with Crippen molar-refractivity contribution in [2.24, 2.45) is 11.0 Å². The molecule has 0 saturated carbocycles. The van der Waals surface area contributed by atoms with Crippen LogP contribution in [0.4, 0.5) is 5.69 Å². The lowest BCUT2D eigenvalue weighted by molar-refractivity contribution is -0.116. The Morgan fingerprint density at radius 3 is 2.56 bits per heavy atom. The van der Waals surface area contributed by atoms with Gasteiger partial charge in [0.05, 0.1) is 17.8 Å². The van der Waals surface area contributed by atoms with Gasteiger partial charge in [0.2, 0.25) is 0 Å². The zero-order chi connectivity index (χ0) is 11.7. The van der Waals surface area contributed by atoms with Crippen molar-refractivity contribution in [3.63, 3.8) is 0 Å². The van der Waals surface area contributed by atoms with Crippen LogP contribution in [0.3, 0.4) is 0 Å². The molecule has 1 amide bonds. The predicted molar refractivity (Wildman–Crippen MR) is 65.6 cm³/mol. The van der Waals surface area contributed by atoms with Crippen LogP contribution in [0.2, 0.25) is 0 Å². The van der Waals surface area contributed by atoms with Gasteiger partial charge in [0.1, 0.15) is 0 Å². The summed E-state index contributed by atoms with van der Waals surface area (Å²) in [5, 5.41) is 5.93. The zero-order valence-corrected chi connectivity index (χ0v) is 9.90. The normalized spacial score (nSPS) is 15.9. The van der Waals surface area contributed by atoms with Crippen LogP contribution in [0.25, 0.3) is 0 Å². The third kappa shape index (κ3) is 1.85. The molecule has 0 fully saturated rings. The number of para-hydroxylation sites is 1. The maximum absolute atomic E-state index is 11.9. The number of aryl methyl sites for hydroxylation is 1. The molecule has 1 aromatic rings. The fourth-order valence-electron chi connectivity index (χ4n) is 1.76. The van der Waals surface area contributed by atoms with Gasteiger partial charge in [0.15, 0.2) is 0 Å². The number of benzene rings is 1. The summed E-state index contributed by atoms with van der Waals surface area (Å²) in [5.74, 6) is 0.399. The lowest BCUT2D eigenvalue weighted by Crippen LogP contribution is -2.20. The second kappa shape index (κ2) is 4.08. The summed E-state index contributed by atoms with van der Waals surface area (Å²) in [6.07, 6.45) is 0.450. The highest BCUT2D eigenvalue weighted by Gasteiger charge is 2.27. The molecule has 0 aliphatic carbocycles. The number of carbonyl (C=O) groups is 1. The summed E-state index contributed by atoms with van der Waals surface area (Å²) in [5.41, 5.74) is 2.93. The van der Waals surface area contributed by atoms with E-state index in [9.17, 15) is 4.79 Å². The van der Waals surface area contributed by atoms with E-state index in [0.29, 0.717) is 12.3 Å². The third-order valence-electron chi connectivity index (χ3n) is 2.81. The fourth-order valence-corrected chi connectivity index (χ4v) is 1.76. The molecule has 1 aliphatic rings. The molecule has 0 bridgehead atoms. The molecule has 3 nitrogen and oxygen atoms in total. The number of hydrazone groups is 1. The molecule has 0 aromatic heterocycles. The van der Waals surface area contributed by atoms with Gasteiger partial charge in [0, 0.05) is 0 Å². The number of amides is 1. The first kappa shape index (κ1) is 10.9. The van der Waals surface area contributed by atoms with Crippen molar-refractivity contribution in [3.05, 3.63) is 29.8 Å². The van der Waals surface area contributed by atoms with Crippen LogP contribution >= 0.6 is 0 Å². The van der Waals surface area contributed by atoms with Crippen molar-refractivity contribution in [1.29, 1.82) is 0 Å². The molecule has 0 radical (unpaired) electrons. The SMILES string of the molecule is Cc1ccccc1N1N=C(C(C)C)CC1=O. The number of nitrogens with zero attached hydrogens (tertiary/aromatic N) is 2. The van der Waals surface area contributed by atoms with Gasteiger partial charge in [-0.05, 0) is 24.5 Å². The van der Waals surface area contributed by atoms with E-state index in [1.165, 1.54) is 5.01 Å². The topological polar surface area (TPSA) is 32.7 Å². The van der Waals surface area contributed by atoms with Crippen LogP contribution in [0.1, 0.15) is 25.8 Å². The molecule has 16 heavy (non-hydrogen) atoms. The van der Waals surface area contributed by atoms with E-state index >= 15 is 0 Å². The molecule has 0 unspecified atom stereocenters. The summed E-state index contributed by atoms with van der Waals surface area (Å²) < 4.78 is 0. The Morgan fingerprint density at radius 1 is 1.31 bits per heavy atom. The van der Waals surface area contributed by atoms with Crippen molar-refractivity contribution < 1.29 is 4.79 Å². The van der Waals surface area contributed by atoms with Crippen molar-refractivity contribution >= 4 is 17.3 Å². The predicted octanol–water partition coefficient (Wildman–Crippen LogP) is 2.74. The van der Waals surface area contributed by atoms with E-state index in [4.69, 9.17) is 0 Å². The van der Waals surface area contributed by atoms with Crippen molar-refractivity contribution in [3.8, 4) is 0 Å². The lowest BCUT2D eigenvalue weighted by atomic mass is 10.1. The second-order valence-corrected chi connectivity index (χ2v) is 4.41. The smallest absolute Gasteiger partial charge is 0.253 e. The van der Waals surface area contributed by atoms with Gasteiger partial charge in [-0.2, -0.15) is 5.10 Å². The van der Waals surface area contributed by atoms with E-state index in [1.54, 1.807) is 0 Å². The average Bonchev–Trinajstić information content (AvgIpc) is 2.61. The average molecular weight is 216 g/mol. The van der Waals surface area contributed by atoms with Gasteiger partial charge >= 0.3 is 0 Å². The summed E-state index contributed by atoms with van der Waals surface area (Å²) in [6, 6.07) is 7.82. The highest BCUT2D eigenvalue weighted by atomic mass is 16.2. The van der Waals surface area contributed by atoms with E-state index in [0.717, 1.165) is 17.0 Å². The Morgan fingerprint density at radius 2 is 2.00 bits per heavy atom. The van der Waals surface area contributed by atoms with Crippen LogP contribution in [0.5, 0.6) is 0 Å². The standard InChI is InChI=1S/C13H16N2O/c1-9(2)11-8-13(16)15(14-11)12-7-5-4-6-10(12)3/h4-7,9H,8H2,1-3H3. The van der Waals surface area contributed by atoms with E-state index < -0.39 is 0 Å². The maximum atomic E-state index is 11.9. The highest BCUT2D eigenvalue weighted by Crippen LogP contribution is 2.25. The van der Waals surface area contributed by atoms with E-state index in [1.807, 2.05) is 31.2 Å². The summed E-state index contributed by atoms with van der Waals surface area (Å²) in [7, 11) is 0. The van der Waals surface area contributed by atoms with Crippen LogP contribution < -0.4 is 5.01 Å². The molecule has 2 rings (SSSR count). The minimum atomic E-state index is 0.0676. The van der Waals surface area contributed by atoms with Gasteiger partial charge in [-0.1, -0.05) is 32.0 Å². The highest BCUT2D eigenvalue weighted by molar-refractivity contribution is 6.13. The Hall–Kier alpha value is -1.64. The second-order valence-electron chi connectivity index (χ2n) is 4.41. The molecule has 1 aliphatic heterocycles. The fraction of sp³-hybridized carbons (Fsp3) is 0.385. The maximum Gasteiger partial charge on any atom is 0.253 e. The Balaban J connectivity index is 2.36. The minimum absolute atomic E-state index is 0.0676. The largest absolute Gasteiger partial charge is 0.272 e. The Bertz CT molecular complexity index is 449. The van der Waals surface area contributed by atoms with Gasteiger partial charge in [-0.3, -0.25) is 4.79 Å². The number of rotatable bonds is 2. The summed E-state index contributed by atoms with van der Waals surface area (Å²) in [4.78, 5) is 11.9. The quantitative estimate of drug-likeness (QED) is 0.748. The van der Waals surface area contributed by atoms with E-state index in [-0.39, 0.29) is 5.91 Å². The number of anilines is 1. The van der Waals surface area contributed by atoms with Crippen LogP contribution in [-0.2, 0) is 4.79 Å². The lowest BCUT2D eigenvalue weighted by Gasteiger charge is -2.14. The molecule has 84 valence electrons. The number of carbonyl (C=O) groups excluding carboxylic acids is 1. The number of hydrogen-bond donors (Lipinski definition) is 0. The monoisotopic (exact) mass is 216 g/mol. The van der Waals surface area contributed by atoms with Gasteiger partial charge in [0.25, 0.3) is 5.91 Å². The Kier molecular flexibility index (Phi) is 2.77. The zero-order valence-electron chi connectivity index (χ0n) is 9.90.